The standard InChI is InChI=1S/C20H27N3O2/c1-15-3-2-4-17(21-15)14-23-18(24)7-8-20(23)9-11-22(12-10-20)19(25)13-16-5-6-16/h2-4,16H,5-14H2,1H3. The number of nitrogens with zero attached hydrogens (tertiary/aromatic N) is 3. The second-order valence-corrected chi connectivity index (χ2v) is 8.00. The molecule has 5 heteroatoms. The maximum Gasteiger partial charge on any atom is 0.223 e. The largest absolute Gasteiger partial charge is 0.343 e. The number of likely N-dealkylation sites (tertiary alicyclic amines) is 2. The quantitative estimate of drug-likeness (QED) is 0.846. The van der Waals surface area contributed by atoms with Gasteiger partial charge in [0, 0.05) is 37.2 Å². The third kappa shape index (κ3) is 3.42. The van der Waals surface area contributed by atoms with E-state index in [1.165, 1.54) is 12.8 Å². The highest BCUT2D eigenvalue weighted by Crippen LogP contribution is 2.40. The van der Waals surface area contributed by atoms with Crippen molar-refractivity contribution in [2.24, 2.45) is 5.92 Å². The number of aromatic nitrogens is 1. The van der Waals surface area contributed by atoms with Crippen molar-refractivity contribution >= 4 is 11.8 Å². The van der Waals surface area contributed by atoms with Crippen LogP contribution in [0.2, 0.25) is 0 Å². The van der Waals surface area contributed by atoms with Crippen LogP contribution in [0.3, 0.4) is 0 Å². The molecule has 3 heterocycles. The van der Waals surface area contributed by atoms with E-state index in [9.17, 15) is 9.59 Å². The van der Waals surface area contributed by atoms with Crippen molar-refractivity contribution in [1.29, 1.82) is 0 Å². The predicted molar refractivity (Wildman–Crippen MR) is 94.6 cm³/mol. The Bertz CT molecular complexity index is 675. The Hall–Kier alpha value is -1.91. The van der Waals surface area contributed by atoms with Crippen LogP contribution < -0.4 is 0 Å². The summed E-state index contributed by atoms with van der Waals surface area (Å²) in [6.07, 6.45) is 6.51. The van der Waals surface area contributed by atoms with E-state index in [2.05, 4.69) is 9.88 Å². The predicted octanol–water partition coefficient (Wildman–Crippen LogP) is 2.67. The number of carbonyl (C=O) groups is 2. The van der Waals surface area contributed by atoms with Crippen LogP contribution >= 0.6 is 0 Å². The highest BCUT2D eigenvalue weighted by molar-refractivity contribution is 5.80. The first kappa shape index (κ1) is 16.6. The van der Waals surface area contributed by atoms with Crippen LogP contribution in [0.4, 0.5) is 0 Å². The molecule has 0 bridgehead atoms. The minimum Gasteiger partial charge on any atom is -0.343 e. The first-order chi connectivity index (χ1) is 12.1. The van der Waals surface area contributed by atoms with Gasteiger partial charge >= 0.3 is 0 Å². The van der Waals surface area contributed by atoms with Crippen molar-refractivity contribution in [3.05, 3.63) is 29.6 Å². The number of carbonyl (C=O) groups excluding carboxylic acids is 2. The molecule has 1 aromatic heterocycles. The SMILES string of the molecule is Cc1cccc(CN2C(=O)CCC23CCN(C(=O)CC2CC2)CC3)n1. The van der Waals surface area contributed by atoms with Gasteiger partial charge in [0.15, 0.2) is 0 Å². The van der Waals surface area contributed by atoms with Crippen LogP contribution in [-0.4, -0.2) is 45.2 Å². The van der Waals surface area contributed by atoms with Gasteiger partial charge in [0.2, 0.25) is 11.8 Å². The lowest BCUT2D eigenvalue weighted by molar-refractivity contribution is -0.137. The molecule has 3 aliphatic rings. The van der Waals surface area contributed by atoms with Crippen molar-refractivity contribution in [2.75, 3.05) is 13.1 Å². The normalized spacial score (nSPS) is 22.7. The van der Waals surface area contributed by atoms with Crippen LogP contribution in [0.1, 0.15) is 56.3 Å². The molecule has 2 aliphatic heterocycles. The van der Waals surface area contributed by atoms with E-state index in [1.807, 2.05) is 30.0 Å². The first-order valence-electron chi connectivity index (χ1n) is 9.57. The number of pyridine rings is 1. The van der Waals surface area contributed by atoms with Crippen molar-refractivity contribution in [3.63, 3.8) is 0 Å². The van der Waals surface area contributed by atoms with Gasteiger partial charge in [-0.3, -0.25) is 14.6 Å². The fourth-order valence-corrected chi connectivity index (χ4v) is 4.37. The average Bonchev–Trinajstić information content (AvgIpc) is 3.37. The Kier molecular flexibility index (Phi) is 4.26. The van der Waals surface area contributed by atoms with Gasteiger partial charge in [-0.25, -0.2) is 0 Å². The van der Waals surface area contributed by atoms with Gasteiger partial charge in [-0.2, -0.15) is 0 Å². The van der Waals surface area contributed by atoms with E-state index in [0.717, 1.165) is 50.2 Å². The van der Waals surface area contributed by atoms with Crippen molar-refractivity contribution in [3.8, 4) is 0 Å². The summed E-state index contributed by atoms with van der Waals surface area (Å²) < 4.78 is 0. The van der Waals surface area contributed by atoms with Gasteiger partial charge < -0.3 is 9.80 Å². The van der Waals surface area contributed by atoms with Gasteiger partial charge in [0.1, 0.15) is 0 Å². The molecular formula is C20H27N3O2. The maximum absolute atomic E-state index is 12.5. The summed E-state index contributed by atoms with van der Waals surface area (Å²) in [6.45, 7) is 4.15. The molecule has 1 saturated carbocycles. The van der Waals surface area contributed by atoms with Crippen LogP contribution in [0, 0.1) is 12.8 Å². The van der Waals surface area contributed by atoms with Crippen molar-refractivity contribution < 1.29 is 9.59 Å². The third-order valence-electron chi connectivity index (χ3n) is 6.15. The highest BCUT2D eigenvalue weighted by atomic mass is 16.2. The molecule has 0 N–H and O–H groups in total. The lowest BCUT2D eigenvalue weighted by Crippen LogP contribution is -2.53. The molecule has 4 rings (SSSR count). The van der Waals surface area contributed by atoms with E-state index in [4.69, 9.17) is 0 Å². The molecule has 1 spiro atoms. The minimum atomic E-state index is -0.0706. The zero-order valence-corrected chi connectivity index (χ0v) is 15.0. The summed E-state index contributed by atoms with van der Waals surface area (Å²) in [5, 5.41) is 0. The summed E-state index contributed by atoms with van der Waals surface area (Å²) in [6, 6.07) is 5.99. The summed E-state index contributed by atoms with van der Waals surface area (Å²) in [5.41, 5.74) is 1.87. The summed E-state index contributed by atoms with van der Waals surface area (Å²) in [7, 11) is 0. The second-order valence-electron chi connectivity index (χ2n) is 8.00. The Balaban J connectivity index is 1.43. The molecule has 3 fully saturated rings. The van der Waals surface area contributed by atoms with Gasteiger partial charge in [-0.05, 0) is 57.1 Å². The topological polar surface area (TPSA) is 53.5 Å². The summed E-state index contributed by atoms with van der Waals surface area (Å²) >= 11 is 0. The molecule has 25 heavy (non-hydrogen) atoms. The Morgan fingerprint density at radius 2 is 2.00 bits per heavy atom. The number of hydrogen-bond donors (Lipinski definition) is 0. The monoisotopic (exact) mass is 341 g/mol. The van der Waals surface area contributed by atoms with E-state index in [-0.39, 0.29) is 11.4 Å². The molecule has 2 amide bonds. The molecular weight excluding hydrogens is 314 g/mol. The van der Waals surface area contributed by atoms with E-state index in [0.29, 0.717) is 24.8 Å². The van der Waals surface area contributed by atoms with Crippen molar-refractivity contribution in [2.45, 2.75) is 64.0 Å². The van der Waals surface area contributed by atoms with Gasteiger partial charge in [0.25, 0.3) is 0 Å². The van der Waals surface area contributed by atoms with Crippen LogP contribution in [-0.2, 0) is 16.1 Å². The van der Waals surface area contributed by atoms with Crippen LogP contribution in [0.25, 0.3) is 0 Å². The fourth-order valence-electron chi connectivity index (χ4n) is 4.37. The number of amides is 2. The number of hydrogen-bond acceptors (Lipinski definition) is 3. The first-order valence-corrected chi connectivity index (χ1v) is 9.57. The molecule has 1 aliphatic carbocycles. The third-order valence-corrected chi connectivity index (χ3v) is 6.15. The lowest BCUT2D eigenvalue weighted by atomic mass is 9.84. The summed E-state index contributed by atoms with van der Waals surface area (Å²) in [4.78, 5) is 33.5. The van der Waals surface area contributed by atoms with E-state index in [1.54, 1.807) is 0 Å². The van der Waals surface area contributed by atoms with Gasteiger partial charge in [-0.1, -0.05) is 6.07 Å². The highest BCUT2D eigenvalue weighted by Gasteiger charge is 2.47. The van der Waals surface area contributed by atoms with E-state index >= 15 is 0 Å². The number of aryl methyl sites for hydroxylation is 1. The number of rotatable bonds is 4. The van der Waals surface area contributed by atoms with Gasteiger partial charge in [-0.15, -0.1) is 0 Å². The zero-order chi connectivity index (χ0) is 17.4. The smallest absolute Gasteiger partial charge is 0.223 e. The lowest BCUT2D eigenvalue weighted by Gasteiger charge is -2.45. The Morgan fingerprint density at radius 3 is 2.68 bits per heavy atom. The second kappa shape index (κ2) is 6.43. The zero-order valence-electron chi connectivity index (χ0n) is 15.0. The van der Waals surface area contributed by atoms with Crippen LogP contribution in [0.15, 0.2) is 18.2 Å². The maximum atomic E-state index is 12.5. The minimum absolute atomic E-state index is 0.0706. The van der Waals surface area contributed by atoms with E-state index < -0.39 is 0 Å². The number of piperidine rings is 1. The molecule has 0 unspecified atom stereocenters. The average molecular weight is 341 g/mol. The Morgan fingerprint density at radius 1 is 1.24 bits per heavy atom. The molecule has 0 radical (unpaired) electrons. The molecule has 134 valence electrons. The molecule has 2 saturated heterocycles. The molecule has 0 aromatic carbocycles. The van der Waals surface area contributed by atoms with Gasteiger partial charge in [0.05, 0.1) is 12.2 Å². The Labute approximate surface area is 149 Å². The molecule has 0 atom stereocenters. The fraction of sp³-hybridized carbons (Fsp3) is 0.650. The van der Waals surface area contributed by atoms with Crippen LogP contribution in [0.5, 0.6) is 0 Å². The molecule has 1 aromatic rings. The van der Waals surface area contributed by atoms with Crippen molar-refractivity contribution in [1.82, 2.24) is 14.8 Å². The summed E-state index contributed by atoms with van der Waals surface area (Å²) in [5.74, 6) is 1.19. The molecule has 5 nitrogen and oxygen atoms in total.